The van der Waals surface area contributed by atoms with Gasteiger partial charge in [-0.2, -0.15) is 0 Å². The lowest BCUT2D eigenvalue weighted by Crippen LogP contribution is -2.20. The normalized spacial score (nSPS) is 17.3. The van der Waals surface area contributed by atoms with Crippen molar-refractivity contribution in [2.75, 3.05) is 0 Å². The summed E-state index contributed by atoms with van der Waals surface area (Å²) in [5.74, 6) is 2.48. The molecule has 2 nitrogen and oxygen atoms in total. The van der Waals surface area contributed by atoms with Crippen LogP contribution in [0.2, 0.25) is 0 Å². The maximum absolute atomic E-state index is 6.54. The molecular formula is C31H27NO. The fourth-order valence-corrected chi connectivity index (χ4v) is 5.97. The molecule has 7 rings (SSSR count). The van der Waals surface area contributed by atoms with E-state index in [0.717, 1.165) is 28.1 Å². The third kappa shape index (κ3) is 2.97. The van der Waals surface area contributed by atoms with Gasteiger partial charge in [0.25, 0.3) is 0 Å². The number of pyridine rings is 1. The molecule has 162 valence electrons. The highest BCUT2D eigenvalue weighted by Gasteiger charge is 2.28. The van der Waals surface area contributed by atoms with Crippen molar-refractivity contribution in [3.8, 4) is 22.8 Å². The van der Waals surface area contributed by atoms with Crippen LogP contribution in [0.25, 0.3) is 43.6 Å². The highest BCUT2D eigenvalue weighted by atomic mass is 16.5. The molecule has 2 heteroatoms. The molecule has 2 aliphatic rings. The molecular weight excluding hydrogens is 402 g/mol. The summed E-state index contributed by atoms with van der Waals surface area (Å²) in [6, 6.07) is 24.3. The van der Waals surface area contributed by atoms with Gasteiger partial charge in [-0.15, -0.1) is 0 Å². The molecule has 0 spiro atoms. The van der Waals surface area contributed by atoms with E-state index in [9.17, 15) is 0 Å². The van der Waals surface area contributed by atoms with E-state index in [1.54, 1.807) is 0 Å². The van der Waals surface area contributed by atoms with Gasteiger partial charge in [0.1, 0.15) is 11.5 Å². The minimum absolute atomic E-state index is 0.489. The lowest BCUT2D eigenvalue weighted by atomic mass is 9.71. The van der Waals surface area contributed by atoms with Gasteiger partial charge in [-0.3, -0.25) is 4.98 Å². The molecule has 0 bridgehead atoms. The van der Waals surface area contributed by atoms with Crippen LogP contribution in [0.5, 0.6) is 11.5 Å². The van der Waals surface area contributed by atoms with Crippen LogP contribution in [-0.2, 0) is 0 Å². The van der Waals surface area contributed by atoms with Gasteiger partial charge in [0.05, 0.1) is 11.1 Å². The molecule has 0 atom stereocenters. The monoisotopic (exact) mass is 429 g/mol. The van der Waals surface area contributed by atoms with Gasteiger partial charge in [-0.1, -0.05) is 56.3 Å². The van der Waals surface area contributed by atoms with Gasteiger partial charge in [0.2, 0.25) is 0 Å². The summed E-state index contributed by atoms with van der Waals surface area (Å²) < 4.78 is 6.54. The Balaban J connectivity index is 1.41. The average molecular weight is 430 g/mol. The first-order valence-corrected chi connectivity index (χ1v) is 12.1. The van der Waals surface area contributed by atoms with E-state index >= 15 is 0 Å². The van der Waals surface area contributed by atoms with Crippen LogP contribution in [0.3, 0.4) is 0 Å². The Kier molecular flexibility index (Phi) is 3.94. The lowest BCUT2D eigenvalue weighted by Gasteiger charge is -2.34. The Hall–Kier alpha value is -3.39. The number of ether oxygens (including phenoxy) is 1. The molecule has 1 aliphatic heterocycles. The standard InChI is InChI=1S/C31H27NO/c1-31(2)12-9-19(10-13-31)22-7-8-24-23(15-22)18-28-29-25(24)11-14-32-30(29)26-16-20-5-3-4-6-21(20)17-27(26)33-28/h3-8,11,14-19H,9-10,12-13H2,1-2H3. The van der Waals surface area contributed by atoms with Gasteiger partial charge in [0, 0.05) is 11.8 Å². The lowest BCUT2D eigenvalue weighted by molar-refractivity contribution is 0.224. The molecule has 2 heterocycles. The average Bonchev–Trinajstić information content (AvgIpc) is 2.83. The SMILES string of the molecule is CC1(C)CCC(c2ccc3c(c2)cc2c4c(nccc43)-c3cc4ccccc4cc3O2)CC1. The van der Waals surface area contributed by atoms with E-state index in [1.807, 2.05) is 6.20 Å². The van der Waals surface area contributed by atoms with Crippen LogP contribution >= 0.6 is 0 Å². The molecule has 4 aromatic carbocycles. The molecule has 0 unspecified atom stereocenters. The van der Waals surface area contributed by atoms with Crippen LogP contribution in [0.15, 0.2) is 72.9 Å². The Bertz CT molecular complexity index is 1570. The second-order valence-corrected chi connectivity index (χ2v) is 10.7. The van der Waals surface area contributed by atoms with Crippen molar-refractivity contribution >= 4 is 32.3 Å². The Labute approximate surface area is 194 Å². The predicted molar refractivity (Wildman–Crippen MR) is 137 cm³/mol. The molecule has 0 amide bonds. The van der Waals surface area contributed by atoms with Gasteiger partial charge in [-0.25, -0.2) is 0 Å². The zero-order valence-corrected chi connectivity index (χ0v) is 19.2. The van der Waals surface area contributed by atoms with E-state index in [-0.39, 0.29) is 0 Å². The third-order valence-electron chi connectivity index (χ3n) is 7.98. The van der Waals surface area contributed by atoms with Gasteiger partial charge in [-0.05, 0) is 93.8 Å². The molecule has 33 heavy (non-hydrogen) atoms. The van der Waals surface area contributed by atoms with Crippen LogP contribution in [-0.4, -0.2) is 4.98 Å². The van der Waals surface area contributed by atoms with Crippen LogP contribution in [0.4, 0.5) is 0 Å². The number of benzene rings is 4. The summed E-state index contributed by atoms with van der Waals surface area (Å²) in [4.78, 5) is 4.82. The molecule has 0 saturated heterocycles. The smallest absolute Gasteiger partial charge is 0.138 e. The third-order valence-corrected chi connectivity index (χ3v) is 7.98. The molecule has 1 aliphatic carbocycles. The largest absolute Gasteiger partial charge is 0.456 e. The zero-order valence-electron chi connectivity index (χ0n) is 19.2. The fourth-order valence-electron chi connectivity index (χ4n) is 5.97. The van der Waals surface area contributed by atoms with Crippen molar-refractivity contribution in [1.82, 2.24) is 4.98 Å². The summed E-state index contributed by atoms with van der Waals surface area (Å²) in [5.41, 5.74) is 4.06. The highest BCUT2D eigenvalue weighted by Crippen LogP contribution is 2.49. The second kappa shape index (κ2) is 6.81. The molecule has 0 radical (unpaired) electrons. The van der Waals surface area contributed by atoms with Crippen LogP contribution in [0, 0.1) is 5.41 Å². The summed E-state index contributed by atoms with van der Waals surface area (Å²) in [7, 11) is 0. The zero-order chi connectivity index (χ0) is 22.2. The van der Waals surface area contributed by atoms with E-state index < -0.39 is 0 Å². The quantitative estimate of drug-likeness (QED) is 0.243. The number of fused-ring (bicyclic) bond motifs is 5. The van der Waals surface area contributed by atoms with E-state index in [0.29, 0.717) is 11.3 Å². The van der Waals surface area contributed by atoms with Crippen molar-refractivity contribution in [3.05, 3.63) is 78.5 Å². The maximum Gasteiger partial charge on any atom is 0.138 e. The van der Waals surface area contributed by atoms with E-state index in [4.69, 9.17) is 9.72 Å². The summed E-state index contributed by atoms with van der Waals surface area (Å²) >= 11 is 0. The van der Waals surface area contributed by atoms with E-state index in [1.165, 1.54) is 58.2 Å². The van der Waals surface area contributed by atoms with Gasteiger partial charge < -0.3 is 4.74 Å². The molecule has 1 fully saturated rings. The number of rotatable bonds is 1. The number of aromatic nitrogens is 1. The topological polar surface area (TPSA) is 22.1 Å². The van der Waals surface area contributed by atoms with Crippen LogP contribution in [0.1, 0.15) is 51.0 Å². The number of hydrogen-bond acceptors (Lipinski definition) is 2. The maximum atomic E-state index is 6.54. The highest BCUT2D eigenvalue weighted by molar-refractivity contribution is 6.16. The Morgan fingerprint density at radius 2 is 1.55 bits per heavy atom. The molecule has 5 aromatic rings. The molecule has 1 saturated carbocycles. The van der Waals surface area contributed by atoms with Crippen molar-refractivity contribution in [2.45, 2.75) is 45.4 Å². The first-order chi connectivity index (χ1) is 16.1. The van der Waals surface area contributed by atoms with Crippen molar-refractivity contribution in [1.29, 1.82) is 0 Å². The predicted octanol–water partition coefficient (Wildman–Crippen LogP) is 9.00. The van der Waals surface area contributed by atoms with Gasteiger partial charge >= 0.3 is 0 Å². The minimum Gasteiger partial charge on any atom is -0.456 e. The second-order valence-electron chi connectivity index (χ2n) is 10.7. The summed E-state index contributed by atoms with van der Waals surface area (Å²) in [6.45, 7) is 4.81. The number of nitrogens with zero attached hydrogens (tertiary/aromatic N) is 1. The van der Waals surface area contributed by atoms with Crippen molar-refractivity contribution < 1.29 is 4.74 Å². The summed E-state index contributed by atoms with van der Waals surface area (Å²) in [5, 5.41) is 7.30. The first-order valence-electron chi connectivity index (χ1n) is 12.1. The van der Waals surface area contributed by atoms with E-state index in [2.05, 4.69) is 80.6 Å². The molecule has 0 N–H and O–H groups in total. The first kappa shape index (κ1) is 19.1. The Morgan fingerprint density at radius 3 is 2.36 bits per heavy atom. The minimum atomic E-state index is 0.489. The van der Waals surface area contributed by atoms with Crippen molar-refractivity contribution in [2.24, 2.45) is 5.41 Å². The van der Waals surface area contributed by atoms with Crippen molar-refractivity contribution in [3.63, 3.8) is 0 Å². The Morgan fingerprint density at radius 1 is 0.788 bits per heavy atom. The van der Waals surface area contributed by atoms with Crippen LogP contribution < -0.4 is 4.74 Å². The van der Waals surface area contributed by atoms with Gasteiger partial charge in [0.15, 0.2) is 0 Å². The summed E-state index contributed by atoms with van der Waals surface area (Å²) in [6.07, 6.45) is 7.12. The fraction of sp³-hybridized carbons (Fsp3) is 0.258. The number of hydrogen-bond donors (Lipinski definition) is 0. The molecule has 1 aromatic heterocycles.